The van der Waals surface area contributed by atoms with Crippen molar-refractivity contribution in [3.8, 4) is 0 Å². The lowest BCUT2D eigenvalue weighted by atomic mass is 9.95. The predicted molar refractivity (Wildman–Crippen MR) is 68.7 cm³/mol. The van der Waals surface area contributed by atoms with Crippen molar-refractivity contribution in [2.24, 2.45) is 0 Å². The number of aromatic nitrogens is 2. The average molecular weight is 226 g/mol. The third-order valence-corrected chi connectivity index (χ3v) is 3.34. The Bertz CT molecular complexity index is 544. The molecule has 1 saturated heterocycles. The molecular formula is C13H15BN2O. The predicted octanol–water partition coefficient (Wildman–Crippen LogP) is 1.84. The SMILES string of the molecule is [B]c1ccc2c(C)nn(C3CCCCO3)c2c1. The van der Waals surface area contributed by atoms with Gasteiger partial charge in [0.2, 0.25) is 0 Å². The summed E-state index contributed by atoms with van der Waals surface area (Å²) in [5.74, 6) is 0. The zero-order chi connectivity index (χ0) is 11.8. The minimum absolute atomic E-state index is 0.0711. The Labute approximate surface area is 102 Å². The second-order valence-electron chi connectivity index (χ2n) is 4.63. The summed E-state index contributed by atoms with van der Waals surface area (Å²) in [6.45, 7) is 2.85. The van der Waals surface area contributed by atoms with Gasteiger partial charge in [-0.2, -0.15) is 5.10 Å². The second kappa shape index (κ2) is 4.19. The summed E-state index contributed by atoms with van der Waals surface area (Å²) >= 11 is 0. The Hall–Kier alpha value is -1.29. The molecule has 3 rings (SSSR count). The van der Waals surface area contributed by atoms with Crippen molar-refractivity contribution in [3.05, 3.63) is 23.9 Å². The van der Waals surface area contributed by atoms with Gasteiger partial charge in [-0.1, -0.05) is 17.6 Å². The van der Waals surface area contributed by atoms with E-state index in [1.54, 1.807) is 0 Å². The van der Waals surface area contributed by atoms with Crippen LogP contribution in [-0.2, 0) is 4.74 Å². The van der Waals surface area contributed by atoms with E-state index in [0.717, 1.165) is 41.5 Å². The zero-order valence-electron chi connectivity index (χ0n) is 10.0. The largest absolute Gasteiger partial charge is 0.356 e. The van der Waals surface area contributed by atoms with Crippen molar-refractivity contribution >= 4 is 24.2 Å². The quantitative estimate of drug-likeness (QED) is 0.693. The third kappa shape index (κ3) is 1.87. The first-order valence-electron chi connectivity index (χ1n) is 6.11. The highest BCUT2D eigenvalue weighted by atomic mass is 16.5. The molecular weight excluding hydrogens is 211 g/mol. The van der Waals surface area contributed by atoms with E-state index >= 15 is 0 Å². The van der Waals surface area contributed by atoms with E-state index in [4.69, 9.17) is 12.6 Å². The van der Waals surface area contributed by atoms with Crippen molar-refractivity contribution in [3.63, 3.8) is 0 Å². The first-order chi connectivity index (χ1) is 8.25. The van der Waals surface area contributed by atoms with Crippen LogP contribution < -0.4 is 5.46 Å². The molecule has 2 aromatic rings. The minimum Gasteiger partial charge on any atom is -0.356 e. The number of ether oxygens (including phenoxy) is 1. The zero-order valence-corrected chi connectivity index (χ0v) is 10.0. The third-order valence-electron chi connectivity index (χ3n) is 3.34. The lowest BCUT2D eigenvalue weighted by molar-refractivity contribution is -0.0368. The molecule has 1 unspecified atom stereocenters. The van der Waals surface area contributed by atoms with Crippen LogP contribution in [0.1, 0.15) is 31.2 Å². The number of aryl methyl sites for hydroxylation is 1. The van der Waals surface area contributed by atoms with Gasteiger partial charge in [0, 0.05) is 12.0 Å². The van der Waals surface area contributed by atoms with E-state index < -0.39 is 0 Å². The fourth-order valence-corrected chi connectivity index (χ4v) is 2.45. The summed E-state index contributed by atoms with van der Waals surface area (Å²) in [7, 11) is 5.85. The van der Waals surface area contributed by atoms with Gasteiger partial charge in [0.1, 0.15) is 7.85 Å². The lowest BCUT2D eigenvalue weighted by Gasteiger charge is -2.23. The van der Waals surface area contributed by atoms with Gasteiger partial charge in [0.15, 0.2) is 6.23 Å². The van der Waals surface area contributed by atoms with E-state index in [1.165, 1.54) is 6.42 Å². The van der Waals surface area contributed by atoms with Crippen molar-refractivity contribution in [1.29, 1.82) is 0 Å². The highest BCUT2D eigenvalue weighted by Crippen LogP contribution is 2.27. The van der Waals surface area contributed by atoms with Crippen LogP contribution in [0.2, 0.25) is 0 Å². The van der Waals surface area contributed by atoms with E-state index in [0.29, 0.717) is 0 Å². The summed E-state index contributed by atoms with van der Waals surface area (Å²) in [4.78, 5) is 0. The molecule has 0 bridgehead atoms. The van der Waals surface area contributed by atoms with Crippen LogP contribution in [0, 0.1) is 6.92 Å². The molecule has 0 spiro atoms. The van der Waals surface area contributed by atoms with Crippen molar-refractivity contribution in [2.75, 3.05) is 6.61 Å². The highest BCUT2D eigenvalue weighted by Gasteiger charge is 2.19. The second-order valence-corrected chi connectivity index (χ2v) is 4.63. The molecule has 0 amide bonds. The number of hydrogen-bond acceptors (Lipinski definition) is 2. The van der Waals surface area contributed by atoms with E-state index in [-0.39, 0.29) is 6.23 Å². The molecule has 1 aromatic carbocycles. The Morgan fingerprint density at radius 3 is 3.06 bits per heavy atom. The number of benzene rings is 1. The molecule has 0 saturated carbocycles. The van der Waals surface area contributed by atoms with Gasteiger partial charge in [-0.3, -0.25) is 0 Å². The Morgan fingerprint density at radius 1 is 1.41 bits per heavy atom. The van der Waals surface area contributed by atoms with E-state index in [9.17, 15) is 0 Å². The van der Waals surface area contributed by atoms with E-state index in [1.807, 2.05) is 29.8 Å². The maximum absolute atomic E-state index is 5.85. The fraction of sp³-hybridized carbons (Fsp3) is 0.462. The van der Waals surface area contributed by atoms with Gasteiger partial charge in [-0.25, -0.2) is 4.68 Å². The van der Waals surface area contributed by atoms with E-state index in [2.05, 4.69) is 5.10 Å². The standard InChI is InChI=1S/C13H15BN2O/c1-9-11-6-5-10(14)8-12(11)16(15-9)13-4-2-3-7-17-13/h5-6,8,13H,2-4,7H2,1H3. The molecule has 1 atom stereocenters. The molecule has 2 heterocycles. The number of rotatable bonds is 1. The van der Waals surface area contributed by atoms with Gasteiger partial charge in [-0.05, 0) is 32.3 Å². The first-order valence-corrected chi connectivity index (χ1v) is 6.11. The monoisotopic (exact) mass is 226 g/mol. The van der Waals surface area contributed by atoms with Crippen LogP contribution in [-0.4, -0.2) is 24.2 Å². The number of hydrogen-bond donors (Lipinski definition) is 0. The maximum Gasteiger partial charge on any atom is 0.150 e. The van der Waals surface area contributed by atoms with Gasteiger partial charge < -0.3 is 4.74 Å². The molecule has 0 N–H and O–H groups in total. The van der Waals surface area contributed by atoms with Crippen LogP contribution in [0.3, 0.4) is 0 Å². The van der Waals surface area contributed by atoms with Crippen LogP contribution in [0.5, 0.6) is 0 Å². The van der Waals surface area contributed by atoms with Crippen LogP contribution in [0.25, 0.3) is 10.9 Å². The summed E-state index contributed by atoms with van der Waals surface area (Å²) in [6.07, 6.45) is 3.46. The average Bonchev–Trinajstić information content (AvgIpc) is 2.67. The van der Waals surface area contributed by atoms with Crippen LogP contribution in [0.15, 0.2) is 18.2 Å². The van der Waals surface area contributed by atoms with Crippen LogP contribution >= 0.6 is 0 Å². The molecule has 1 aliphatic heterocycles. The normalized spacial score (nSPS) is 20.9. The van der Waals surface area contributed by atoms with Crippen molar-refractivity contribution < 1.29 is 4.74 Å². The number of fused-ring (bicyclic) bond motifs is 1. The van der Waals surface area contributed by atoms with Crippen LogP contribution in [0.4, 0.5) is 0 Å². The molecule has 2 radical (unpaired) electrons. The molecule has 4 heteroatoms. The first kappa shape index (κ1) is 10.8. The topological polar surface area (TPSA) is 27.1 Å². The van der Waals surface area contributed by atoms with Gasteiger partial charge >= 0.3 is 0 Å². The minimum atomic E-state index is 0.0711. The van der Waals surface area contributed by atoms with Gasteiger partial charge in [0.25, 0.3) is 0 Å². The van der Waals surface area contributed by atoms with Crippen molar-refractivity contribution in [1.82, 2.24) is 9.78 Å². The molecule has 0 aliphatic carbocycles. The summed E-state index contributed by atoms with van der Waals surface area (Å²) in [6, 6.07) is 5.93. The Balaban J connectivity index is 2.11. The molecule has 1 aromatic heterocycles. The maximum atomic E-state index is 5.85. The molecule has 1 aliphatic rings. The Kier molecular flexibility index (Phi) is 2.67. The smallest absolute Gasteiger partial charge is 0.150 e. The van der Waals surface area contributed by atoms with Gasteiger partial charge in [0.05, 0.1) is 11.2 Å². The highest BCUT2D eigenvalue weighted by molar-refractivity contribution is 6.33. The molecule has 17 heavy (non-hydrogen) atoms. The summed E-state index contributed by atoms with van der Waals surface area (Å²) in [5.41, 5.74) is 2.89. The Morgan fingerprint density at radius 2 is 2.29 bits per heavy atom. The van der Waals surface area contributed by atoms with Crippen molar-refractivity contribution in [2.45, 2.75) is 32.4 Å². The summed E-state index contributed by atoms with van der Waals surface area (Å²) < 4.78 is 7.77. The molecule has 1 fully saturated rings. The van der Waals surface area contributed by atoms with Gasteiger partial charge in [-0.15, -0.1) is 0 Å². The fourth-order valence-electron chi connectivity index (χ4n) is 2.45. The molecule has 3 nitrogen and oxygen atoms in total. The number of nitrogens with zero attached hydrogens (tertiary/aromatic N) is 2. The summed E-state index contributed by atoms with van der Waals surface area (Å²) in [5, 5.41) is 5.75. The molecule has 86 valence electrons. The lowest BCUT2D eigenvalue weighted by Crippen LogP contribution is -2.19.